The van der Waals surface area contributed by atoms with Crippen molar-refractivity contribution in [1.29, 1.82) is 0 Å². The Kier molecular flexibility index (Phi) is 3.14. The van der Waals surface area contributed by atoms with E-state index in [0.717, 1.165) is 18.2 Å². The van der Waals surface area contributed by atoms with E-state index >= 15 is 0 Å². The van der Waals surface area contributed by atoms with Crippen molar-refractivity contribution in [3.05, 3.63) is 41.2 Å². The number of aliphatic hydroxyl groups is 1. The van der Waals surface area contributed by atoms with Gasteiger partial charge >= 0.3 is 0 Å². The van der Waals surface area contributed by atoms with E-state index in [9.17, 15) is 30.6 Å². The Bertz CT molecular complexity index is 816. The highest BCUT2D eigenvalue weighted by Crippen LogP contribution is 2.48. The highest BCUT2D eigenvalue weighted by molar-refractivity contribution is 5.73. The Balaban J connectivity index is 2.17. The van der Waals surface area contributed by atoms with Crippen LogP contribution in [0.1, 0.15) is 24.0 Å². The molecule has 2 aromatic rings. The summed E-state index contributed by atoms with van der Waals surface area (Å²) < 4.78 is 5.52. The molecule has 0 aliphatic carbocycles. The van der Waals surface area contributed by atoms with Crippen LogP contribution in [0.2, 0.25) is 0 Å². The number of fused-ring (bicyclic) bond motifs is 1. The van der Waals surface area contributed by atoms with Crippen molar-refractivity contribution in [3.8, 4) is 34.5 Å². The lowest BCUT2D eigenvalue weighted by molar-refractivity contribution is 0.326. The van der Waals surface area contributed by atoms with Crippen LogP contribution < -0.4 is 4.74 Å². The molecular formula is C16H14O7. The van der Waals surface area contributed by atoms with E-state index in [0.29, 0.717) is 5.56 Å². The highest BCUT2D eigenvalue weighted by atomic mass is 16.5. The molecule has 1 aliphatic heterocycles. The number of aliphatic hydroxyl groups excluding tert-OH is 1. The van der Waals surface area contributed by atoms with Crippen molar-refractivity contribution in [2.45, 2.75) is 12.8 Å². The number of hydrogen-bond acceptors (Lipinski definition) is 7. The van der Waals surface area contributed by atoms with E-state index in [4.69, 9.17) is 4.74 Å². The molecule has 1 atom stereocenters. The summed E-state index contributed by atoms with van der Waals surface area (Å²) in [6.07, 6.45) is 0. The Morgan fingerprint density at radius 2 is 1.43 bits per heavy atom. The van der Waals surface area contributed by atoms with Gasteiger partial charge < -0.3 is 35.4 Å². The lowest BCUT2D eigenvalue weighted by Gasteiger charge is -2.26. The summed E-state index contributed by atoms with van der Waals surface area (Å²) in [5, 5.41) is 58.4. The van der Waals surface area contributed by atoms with Crippen LogP contribution in [0.3, 0.4) is 0 Å². The van der Waals surface area contributed by atoms with E-state index in [1.165, 1.54) is 6.07 Å². The van der Waals surface area contributed by atoms with Gasteiger partial charge in [-0.1, -0.05) is 6.92 Å². The van der Waals surface area contributed by atoms with E-state index < -0.39 is 23.2 Å². The lowest BCUT2D eigenvalue weighted by atomic mass is 9.92. The SMILES string of the molecule is CC1C(O)=C(c2cc(O)c(O)c(O)c2)Oc2cc(O)cc(O)c21. The number of phenols is 5. The van der Waals surface area contributed by atoms with Crippen LogP contribution in [0.4, 0.5) is 0 Å². The van der Waals surface area contributed by atoms with Gasteiger partial charge in [-0.05, 0) is 12.1 Å². The van der Waals surface area contributed by atoms with Gasteiger partial charge in [0, 0.05) is 29.2 Å². The normalized spacial score (nSPS) is 16.8. The van der Waals surface area contributed by atoms with Crippen LogP contribution in [-0.2, 0) is 0 Å². The van der Waals surface area contributed by atoms with Gasteiger partial charge in [0.15, 0.2) is 23.0 Å². The van der Waals surface area contributed by atoms with Gasteiger partial charge in [0.25, 0.3) is 0 Å². The first-order valence-electron chi connectivity index (χ1n) is 6.71. The van der Waals surface area contributed by atoms with Crippen molar-refractivity contribution >= 4 is 5.76 Å². The molecule has 0 radical (unpaired) electrons. The molecule has 23 heavy (non-hydrogen) atoms. The molecule has 3 rings (SSSR count). The van der Waals surface area contributed by atoms with Gasteiger partial charge in [-0.15, -0.1) is 0 Å². The number of phenolic OH excluding ortho intramolecular Hbond substituents is 5. The average Bonchev–Trinajstić information content (AvgIpc) is 2.47. The third-order valence-electron chi connectivity index (χ3n) is 3.72. The van der Waals surface area contributed by atoms with E-state index in [-0.39, 0.29) is 34.3 Å². The maximum absolute atomic E-state index is 10.3. The number of rotatable bonds is 1. The van der Waals surface area contributed by atoms with Crippen LogP contribution in [0.5, 0.6) is 34.5 Å². The minimum absolute atomic E-state index is 0.0689. The van der Waals surface area contributed by atoms with Gasteiger partial charge in [-0.2, -0.15) is 0 Å². The molecule has 0 aromatic heterocycles. The zero-order valence-electron chi connectivity index (χ0n) is 12.0. The Morgan fingerprint density at radius 1 is 0.826 bits per heavy atom. The van der Waals surface area contributed by atoms with Crippen LogP contribution >= 0.6 is 0 Å². The Morgan fingerprint density at radius 3 is 2.04 bits per heavy atom. The number of ether oxygens (including phenoxy) is 1. The summed E-state index contributed by atoms with van der Waals surface area (Å²) >= 11 is 0. The predicted molar refractivity (Wildman–Crippen MR) is 79.8 cm³/mol. The molecule has 7 nitrogen and oxygen atoms in total. The second-order valence-corrected chi connectivity index (χ2v) is 5.28. The van der Waals surface area contributed by atoms with Gasteiger partial charge in [-0.3, -0.25) is 0 Å². The molecule has 0 fully saturated rings. The van der Waals surface area contributed by atoms with Crippen LogP contribution in [0.15, 0.2) is 30.0 Å². The molecule has 6 N–H and O–H groups in total. The molecule has 0 saturated carbocycles. The average molecular weight is 318 g/mol. The van der Waals surface area contributed by atoms with Gasteiger partial charge in [0.2, 0.25) is 0 Å². The fourth-order valence-electron chi connectivity index (χ4n) is 2.56. The van der Waals surface area contributed by atoms with E-state index in [2.05, 4.69) is 0 Å². The minimum Gasteiger partial charge on any atom is -0.508 e. The molecule has 2 aromatic carbocycles. The number of aromatic hydroxyl groups is 5. The first kappa shape index (κ1) is 14.7. The van der Waals surface area contributed by atoms with Crippen LogP contribution in [0, 0.1) is 0 Å². The van der Waals surface area contributed by atoms with Crippen molar-refractivity contribution < 1.29 is 35.4 Å². The lowest BCUT2D eigenvalue weighted by Crippen LogP contribution is -2.13. The summed E-state index contributed by atoms with van der Waals surface area (Å²) in [6, 6.07) is 4.63. The smallest absolute Gasteiger partial charge is 0.200 e. The van der Waals surface area contributed by atoms with Crippen molar-refractivity contribution in [2.24, 2.45) is 0 Å². The summed E-state index contributed by atoms with van der Waals surface area (Å²) in [6.45, 7) is 1.62. The second kappa shape index (κ2) is 4.91. The zero-order chi connectivity index (χ0) is 16.9. The second-order valence-electron chi connectivity index (χ2n) is 5.28. The highest BCUT2D eigenvalue weighted by Gasteiger charge is 2.31. The topological polar surface area (TPSA) is 131 Å². The third-order valence-corrected chi connectivity index (χ3v) is 3.72. The molecule has 0 bridgehead atoms. The molecule has 1 aliphatic rings. The predicted octanol–water partition coefficient (Wildman–Crippen LogP) is 2.64. The first-order chi connectivity index (χ1) is 10.8. The van der Waals surface area contributed by atoms with Gasteiger partial charge in [0.05, 0.1) is 0 Å². The monoisotopic (exact) mass is 318 g/mol. The third kappa shape index (κ3) is 2.22. The Hall–Kier alpha value is -3.22. The quantitative estimate of drug-likeness (QED) is 0.446. The first-order valence-corrected chi connectivity index (χ1v) is 6.71. The summed E-state index contributed by atoms with van der Waals surface area (Å²) in [4.78, 5) is 0. The molecule has 0 saturated heterocycles. The standard InChI is InChI=1S/C16H14O7/c1-6-13-9(18)4-8(17)5-12(13)23-16(14(6)21)7-2-10(19)15(22)11(20)3-7/h2-6,17-22H,1H3. The molecule has 1 unspecified atom stereocenters. The zero-order valence-corrected chi connectivity index (χ0v) is 12.0. The van der Waals surface area contributed by atoms with Crippen LogP contribution in [0.25, 0.3) is 5.76 Å². The van der Waals surface area contributed by atoms with Crippen molar-refractivity contribution in [1.82, 2.24) is 0 Å². The summed E-state index contributed by atoms with van der Waals surface area (Å²) in [5.74, 6) is -3.11. The fraction of sp³-hybridized carbons (Fsp3) is 0.125. The number of hydrogen-bond donors (Lipinski definition) is 6. The van der Waals surface area contributed by atoms with Gasteiger partial charge in [0.1, 0.15) is 23.0 Å². The van der Waals surface area contributed by atoms with E-state index in [1.54, 1.807) is 6.92 Å². The van der Waals surface area contributed by atoms with E-state index in [1.807, 2.05) is 0 Å². The maximum Gasteiger partial charge on any atom is 0.200 e. The Labute approximate surface area is 130 Å². The summed E-state index contributed by atoms with van der Waals surface area (Å²) in [7, 11) is 0. The summed E-state index contributed by atoms with van der Waals surface area (Å²) in [5.41, 5.74) is 0.423. The molecule has 120 valence electrons. The van der Waals surface area contributed by atoms with Crippen molar-refractivity contribution in [2.75, 3.05) is 0 Å². The largest absolute Gasteiger partial charge is 0.508 e. The molecule has 1 heterocycles. The number of allylic oxidation sites excluding steroid dienone is 1. The molecule has 0 amide bonds. The molecule has 0 spiro atoms. The minimum atomic E-state index is -0.687. The molecular weight excluding hydrogens is 304 g/mol. The van der Waals surface area contributed by atoms with Gasteiger partial charge in [-0.25, -0.2) is 0 Å². The number of benzene rings is 2. The van der Waals surface area contributed by atoms with Crippen molar-refractivity contribution in [3.63, 3.8) is 0 Å². The fourth-order valence-corrected chi connectivity index (χ4v) is 2.56. The maximum atomic E-state index is 10.3. The molecule has 7 heteroatoms. The van der Waals surface area contributed by atoms with Crippen LogP contribution in [-0.4, -0.2) is 30.6 Å².